The minimum Gasteiger partial charge on any atom is -0.319 e. The maximum absolute atomic E-state index is 12.5. The van der Waals surface area contributed by atoms with Crippen LogP contribution in [-0.2, 0) is 11.7 Å². The molecule has 0 bridgehead atoms. The third kappa shape index (κ3) is 2.69. The first-order chi connectivity index (χ1) is 7.16. The van der Waals surface area contributed by atoms with E-state index in [-0.39, 0.29) is 11.5 Å². The highest BCUT2D eigenvalue weighted by atomic mass is 19.4. The van der Waals surface area contributed by atoms with Crippen molar-refractivity contribution < 1.29 is 13.2 Å². The molecule has 0 saturated carbocycles. The van der Waals surface area contributed by atoms with E-state index in [9.17, 15) is 13.2 Å². The number of aromatic nitrogens is 2. The highest BCUT2D eigenvalue weighted by molar-refractivity contribution is 5.16. The third-order valence-corrected chi connectivity index (χ3v) is 2.39. The molecule has 0 aromatic carbocycles. The van der Waals surface area contributed by atoms with Crippen LogP contribution in [0.1, 0.15) is 37.5 Å². The maximum Gasteiger partial charge on any atom is 0.433 e. The van der Waals surface area contributed by atoms with Gasteiger partial charge in [-0.25, -0.2) is 9.97 Å². The van der Waals surface area contributed by atoms with Gasteiger partial charge in [-0.05, 0) is 26.3 Å². The van der Waals surface area contributed by atoms with Crippen molar-refractivity contribution in [1.82, 2.24) is 9.97 Å². The van der Waals surface area contributed by atoms with Crippen LogP contribution in [0.15, 0.2) is 6.07 Å². The standard InChI is InChI=1S/C10H14F3N3/c1-4-9(3,14)8-15-6(2)5-7(16-8)10(11,12)13/h5H,4,14H2,1-3H3. The molecule has 0 aliphatic rings. The molecule has 3 nitrogen and oxygen atoms in total. The molecule has 2 N–H and O–H groups in total. The van der Waals surface area contributed by atoms with Gasteiger partial charge in [-0.3, -0.25) is 0 Å². The Hall–Kier alpha value is -1.17. The van der Waals surface area contributed by atoms with Gasteiger partial charge in [-0.15, -0.1) is 0 Å². The highest BCUT2D eigenvalue weighted by Gasteiger charge is 2.35. The molecule has 1 unspecified atom stereocenters. The highest BCUT2D eigenvalue weighted by Crippen LogP contribution is 2.29. The summed E-state index contributed by atoms with van der Waals surface area (Å²) in [5.74, 6) is 0.0299. The number of halogens is 3. The molecular weight excluding hydrogens is 219 g/mol. The largest absolute Gasteiger partial charge is 0.433 e. The normalized spacial score (nSPS) is 15.9. The van der Waals surface area contributed by atoms with Crippen molar-refractivity contribution in [1.29, 1.82) is 0 Å². The SMILES string of the molecule is CCC(C)(N)c1nc(C)cc(C(F)(F)F)n1. The predicted molar refractivity (Wildman–Crippen MR) is 53.6 cm³/mol. The molecule has 0 radical (unpaired) electrons. The Kier molecular flexibility index (Phi) is 3.23. The number of alkyl halides is 3. The Morgan fingerprint density at radius 1 is 1.31 bits per heavy atom. The van der Waals surface area contributed by atoms with E-state index in [0.29, 0.717) is 6.42 Å². The summed E-state index contributed by atoms with van der Waals surface area (Å²) in [7, 11) is 0. The van der Waals surface area contributed by atoms with Crippen LogP contribution in [0.4, 0.5) is 13.2 Å². The third-order valence-electron chi connectivity index (χ3n) is 2.39. The van der Waals surface area contributed by atoms with Crippen molar-refractivity contribution in [2.45, 2.75) is 38.9 Å². The van der Waals surface area contributed by atoms with Gasteiger partial charge in [-0.1, -0.05) is 6.92 Å². The molecule has 0 aliphatic heterocycles. The Balaban J connectivity index is 3.29. The summed E-state index contributed by atoms with van der Waals surface area (Å²) in [6.45, 7) is 4.88. The van der Waals surface area contributed by atoms with Crippen molar-refractivity contribution in [3.8, 4) is 0 Å². The molecule has 90 valence electrons. The first-order valence-electron chi connectivity index (χ1n) is 4.89. The van der Waals surface area contributed by atoms with Crippen LogP contribution in [0.5, 0.6) is 0 Å². The molecule has 1 aromatic rings. The van der Waals surface area contributed by atoms with Crippen molar-refractivity contribution in [3.05, 3.63) is 23.3 Å². The number of aryl methyl sites for hydroxylation is 1. The molecule has 0 spiro atoms. The van der Waals surface area contributed by atoms with Gasteiger partial charge in [-0.2, -0.15) is 13.2 Å². The van der Waals surface area contributed by atoms with Crippen LogP contribution in [0.2, 0.25) is 0 Å². The second kappa shape index (κ2) is 4.01. The van der Waals surface area contributed by atoms with E-state index in [1.54, 1.807) is 13.8 Å². The zero-order chi connectivity index (χ0) is 12.6. The lowest BCUT2D eigenvalue weighted by atomic mass is 9.99. The van der Waals surface area contributed by atoms with Crippen LogP contribution < -0.4 is 5.73 Å². The van der Waals surface area contributed by atoms with Crippen LogP contribution in [-0.4, -0.2) is 9.97 Å². The van der Waals surface area contributed by atoms with Gasteiger partial charge in [0.05, 0.1) is 5.54 Å². The molecule has 1 atom stereocenters. The topological polar surface area (TPSA) is 51.8 Å². The predicted octanol–water partition coefficient (Wildman–Crippen LogP) is 2.39. The summed E-state index contributed by atoms with van der Waals surface area (Å²) in [5.41, 5.74) is 4.21. The van der Waals surface area contributed by atoms with E-state index < -0.39 is 17.4 Å². The average molecular weight is 233 g/mol. The molecule has 1 rings (SSSR count). The zero-order valence-electron chi connectivity index (χ0n) is 9.39. The van der Waals surface area contributed by atoms with Gasteiger partial charge in [0.25, 0.3) is 0 Å². The van der Waals surface area contributed by atoms with Gasteiger partial charge in [0.1, 0.15) is 11.5 Å². The number of nitrogens with zero attached hydrogens (tertiary/aromatic N) is 2. The van der Waals surface area contributed by atoms with E-state index >= 15 is 0 Å². The van der Waals surface area contributed by atoms with Gasteiger partial charge in [0.2, 0.25) is 0 Å². The maximum atomic E-state index is 12.5. The fourth-order valence-corrected chi connectivity index (χ4v) is 1.13. The second-order valence-corrected chi connectivity index (χ2v) is 3.99. The van der Waals surface area contributed by atoms with Crippen molar-refractivity contribution in [3.63, 3.8) is 0 Å². The Bertz CT molecular complexity index is 385. The molecular formula is C10H14F3N3. The Morgan fingerprint density at radius 2 is 1.88 bits per heavy atom. The number of hydrogen-bond acceptors (Lipinski definition) is 3. The van der Waals surface area contributed by atoms with Crippen molar-refractivity contribution in [2.24, 2.45) is 5.73 Å². The minimum atomic E-state index is -4.47. The van der Waals surface area contributed by atoms with Crippen LogP contribution in [0.3, 0.4) is 0 Å². The smallest absolute Gasteiger partial charge is 0.319 e. The summed E-state index contributed by atoms with van der Waals surface area (Å²) in [5, 5.41) is 0. The van der Waals surface area contributed by atoms with Gasteiger partial charge >= 0.3 is 6.18 Å². The quantitative estimate of drug-likeness (QED) is 0.853. The monoisotopic (exact) mass is 233 g/mol. The molecule has 16 heavy (non-hydrogen) atoms. The number of rotatable bonds is 2. The summed E-state index contributed by atoms with van der Waals surface area (Å²) >= 11 is 0. The molecule has 0 saturated heterocycles. The second-order valence-electron chi connectivity index (χ2n) is 3.99. The van der Waals surface area contributed by atoms with E-state index in [4.69, 9.17) is 5.73 Å². The summed E-state index contributed by atoms with van der Waals surface area (Å²) < 4.78 is 37.5. The molecule has 0 fully saturated rings. The first kappa shape index (κ1) is 12.9. The zero-order valence-corrected chi connectivity index (χ0v) is 9.39. The van der Waals surface area contributed by atoms with Crippen molar-refractivity contribution >= 4 is 0 Å². The molecule has 6 heteroatoms. The molecule has 1 aromatic heterocycles. The number of nitrogens with two attached hydrogens (primary N) is 1. The minimum absolute atomic E-state index is 0.0299. The molecule has 0 amide bonds. The summed E-state index contributed by atoms with van der Waals surface area (Å²) in [6, 6.07) is 0.912. The fraction of sp³-hybridized carbons (Fsp3) is 0.600. The van der Waals surface area contributed by atoms with Gasteiger partial charge in [0, 0.05) is 5.69 Å². The van der Waals surface area contributed by atoms with Crippen molar-refractivity contribution in [2.75, 3.05) is 0 Å². The Morgan fingerprint density at radius 3 is 2.31 bits per heavy atom. The van der Waals surface area contributed by atoms with Crippen LogP contribution in [0.25, 0.3) is 0 Å². The summed E-state index contributed by atoms with van der Waals surface area (Å²) in [4.78, 5) is 7.44. The first-order valence-corrected chi connectivity index (χ1v) is 4.89. The lowest BCUT2D eigenvalue weighted by Crippen LogP contribution is -2.35. The molecule has 1 heterocycles. The van der Waals surface area contributed by atoms with Gasteiger partial charge < -0.3 is 5.73 Å². The van der Waals surface area contributed by atoms with Gasteiger partial charge in [0.15, 0.2) is 0 Å². The Labute approximate surface area is 91.9 Å². The lowest BCUT2D eigenvalue weighted by molar-refractivity contribution is -0.141. The summed E-state index contributed by atoms with van der Waals surface area (Å²) in [6.07, 6.45) is -4.00. The van der Waals surface area contributed by atoms with Crippen LogP contribution in [0, 0.1) is 6.92 Å². The average Bonchev–Trinajstić information content (AvgIpc) is 2.15. The van der Waals surface area contributed by atoms with Crippen LogP contribution >= 0.6 is 0 Å². The van der Waals surface area contributed by atoms with E-state index in [1.807, 2.05) is 0 Å². The lowest BCUT2D eigenvalue weighted by Gasteiger charge is -2.22. The van der Waals surface area contributed by atoms with E-state index in [2.05, 4.69) is 9.97 Å². The molecule has 0 aliphatic carbocycles. The fourth-order valence-electron chi connectivity index (χ4n) is 1.13. The van der Waals surface area contributed by atoms with E-state index in [0.717, 1.165) is 6.07 Å². The number of hydrogen-bond donors (Lipinski definition) is 1. The van der Waals surface area contributed by atoms with E-state index in [1.165, 1.54) is 6.92 Å².